The Morgan fingerprint density at radius 3 is 2.68 bits per heavy atom. The number of aromatic nitrogens is 1. The normalized spacial score (nSPS) is 9.95. The van der Waals surface area contributed by atoms with Gasteiger partial charge in [-0.1, -0.05) is 30.3 Å². The van der Waals surface area contributed by atoms with Gasteiger partial charge in [0.25, 0.3) is 5.91 Å². The highest BCUT2D eigenvalue weighted by molar-refractivity contribution is 5.98. The molecule has 98 valence electrons. The zero-order valence-electron chi connectivity index (χ0n) is 10.9. The SMILES string of the molecule is CNc1ncccc1C(=O)NCCc1ccccc1. The fourth-order valence-electron chi connectivity index (χ4n) is 1.85. The van der Waals surface area contributed by atoms with Gasteiger partial charge in [-0.3, -0.25) is 4.79 Å². The van der Waals surface area contributed by atoms with E-state index in [1.807, 2.05) is 18.2 Å². The third kappa shape index (κ3) is 3.55. The Bertz CT molecular complexity index is 540. The van der Waals surface area contributed by atoms with E-state index < -0.39 is 0 Å². The zero-order valence-corrected chi connectivity index (χ0v) is 10.9. The molecule has 0 aliphatic carbocycles. The van der Waals surface area contributed by atoms with Crippen LogP contribution in [0.2, 0.25) is 0 Å². The van der Waals surface area contributed by atoms with E-state index in [1.165, 1.54) is 5.56 Å². The summed E-state index contributed by atoms with van der Waals surface area (Å²) in [6, 6.07) is 13.6. The van der Waals surface area contributed by atoms with Crippen LogP contribution in [-0.4, -0.2) is 24.5 Å². The second-order valence-electron chi connectivity index (χ2n) is 4.14. The Kier molecular flexibility index (Phi) is 4.50. The Morgan fingerprint density at radius 2 is 1.95 bits per heavy atom. The van der Waals surface area contributed by atoms with Crippen molar-refractivity contribution < 1.29 is 4.79 Å². The molecule has 1 aromatic heterocycles. The number of carbonyl (C=O) groups is 1. The van der Waals surface area contributed by atoms with Crippen molar-refractivity contribution in [2.24, 2.45) is 0 Å². The minimum Gasteiger partial charge on any atom is -0.372 e. The molecule has 1 aromatic carbocycles. The molecule has 1 heterocycles. The maximum Gasteiger partial charge on any atom is 0.255 e. The van der Waals surface area contributed by atoms with Crippen LogP contribution in [0.4, 0.5) is 5.82 Å². The highest BCUT2D eigenvalue weighted by atomic mass is 16.1. The molecule has 1 amide bonds. The molecule has 19 heavy (non-hydrogen) atoms. The molecule has 0 bridgehead atoms. The molecule has 4 heteroatoms. The Balaban J connectivity index is 1.91. The number of nitrogens with one attached hydrogen (secondary N) is 2. The lowest BCUT2D eigenvalue weighted by molar-refractivity contribution is 0.0954. The van der Waals surface area contributed by atoms with Gasteiger partial charge in [0.15, 0.2) is 0 Å². The van der Waals surface area contributed by atoms with Gasteiger partial charge in [-0.25, -0.2) is 4.98 Å². The minimum atomic E-state index is -0.103. The number of pyridine rings is 1. The van der Waals surface area contributed by atoms with Crippen molar-refractivity contribution in [3.63, 3.8) is 0 Å². The number of hydrogen-bond donors (Lipinski definition) is 2. The number of carbonyl (C=O) groups excluding carboxylic acids is 1. The van der Waals surface area contributed by atoms with Gasteiger partial charge >= 0.3 is 0 Å². The monoisotopic (exact) mass is 255 g/mol. The number of nitrogens with zero attached hydrogens (tertiary/aromatic N) is 1. The highest BCUT2D eigenvalue weighted by Gasteiger charge is 2.10. The van der Waals surface area contributed by atoms with Gasteiger partial charge < -0.3 is 10.6 Å². The predicted octanol–water partition coefficient (Wildman–Crippen LogP) is 2.10. The molecule has 0 aliphatic heterocycles. The second-order valence-corrected chi connectivity index (χ2v) is 4.14. The first kappa shape index (κ1) is 13.1. The molecule has 0 fully saturated rings. The fraction of sp³-hybridized carbons (Fsp3) is 0.200. The number of benzene rings is 1. The van der Waals surface area contributed by atoms with E-state index in [0.29, 0.717) is 17.9 Å². The lowest BCUT2D eigenvalue weighted by atomic mass is 10.1. The van der Waals surface area contributed by atoms with Crippen molar-refractivity contribution in [3.8, 4) is 0 Å². The fourth-order valence-corrected chi connectivity index (χ4v) is 1.85. The molecule has 0 saturated carbocycles. The van der Waals surface area contributed by atoms with Crippen LogP contribution in [0.25, 0.3) is 0 Å². The van der Waals surface area contributed by atoms with Crippen LogP contribution < -0.4 is 10.6 Å². The van der Waals surface area contributed by atoms with E-state index in [2.05, 4.69) is 27.8 Å². The Morgan fingerprint density at radius 1 is 1.16 bits per heavy atom. The smallest absolute Gasteiger partial charge is 0.255 e. The van der Waals surface area contributed by atoms with Crippen molar-refractivity contribution in [1.29, 1.82) is 0 Å². The average Bonchev–Trinajstić information content (AvgIpc) is 2.48. The molecule has 0 atom stereocenters. The van der Waals surface area contributed by atoms with Gasteiger partial charge in [0.05, 0.1) is 5.56 Å². The van der Waals surface area contributed by atoms with Crippen molar-refractivity contribution in [2.45, 2.75) is 6.42 Å². The van der Waals surface area contributed by atoms with Crippen LogP contribution in [0.15, 0.2) is 48.7 Å². The predicted molar refractivity (Wildman–Crippen MR) is 76.3 cm³/mol. The van der Waals surface area contributed by atoms with Gasteiger partial charge in [-0.2, -0.15) is 0 Å². The van der Waals surface area contributed by atoms with E-state index in [-0.39, 0.29) is 5.91 Å². The number of hydrogen-bond acceptors (Lipinski definition) is 3. The summed E-state index contributed by atoms with van der Waals surface area (Å²) in [4.78, 5) is 16.1. The van der Waals surface area contributed by atoms with Gasteiger partial charge in [0.2, 0.25) is 0 Å². The van der Waals surface area contributed by atoms with Crippen molar-refractivity contribution in [2.75, 3.05) is 18.9 Å². The summed E-state index contributed by atoms with van der Waals surface area (Å²) in [6.45, 7) is 0.612. The van der Waals surface area contributed by atoms with Crippen LogP contribution in [0, 0.1) is 0 Å². The highest BCUT2D eigenvalue weighted by Crippen LogP contribution is 2.10. The lowest BCUT2D eigenvalue weighted by Crippen LogP contribution is -2.26. The summed E-state index contributed by atoms with van der Waals surface area (Å²) in [5.41, 5.74) is 1.78. The average molecular weight is 255 g/mol. The molecule has 0 radical (unpaired) electrons. The summed E-state index contributed by atoms with van der Waals surface area (Å²) in [5.74, 6) is 0.494. The van der Waals surface area contributed by atoms with Gasteiger partial charge in [0, 0.05) is 19.8 Å². The quantitative estimate of drug-likeness (QED) is 0.860. The van der Waals surface area contributed by atoms with Crippen molar-refractivity contribution in [1.82, 2.24) is 10.3 Å². The van der Waals surface area contributed by atoms with Gasteiger partial charge in [-0.15, -0.1) is 0 Å². The molecule has 2 N–H and O–H groups in total. The molecule has 0 aliphatic rings. The van der Waals surface area contributed by atoms with E-state index in [4.69, 9.17) is 0 Å². The molecule has 0 spiro atoms. The number of rotatable bonds is 5. The van der Waals surface area contributed by atoms with Crippen LogP contribution in [0.1, 0.15) is 15.9 Å². The Labute approximate surface area is 112 Å². The van der Waals surface area contributed by atoms with E-state index in [9.17, 15) is 4.79 Å². The summed E-state index contributed by atoms with van der Waals surface area (Å²) in [6.07, 6.45) is 2.48. The first-order chi connectivity index (χ1) is 9.31. The first-order valence-electron chi connectivity index (χ1n) is 6.26. The van der Waals surface area contributed by atoms with E-state index in [1.54, 1.807) is 25.4 Å². The molecular weight excluding hydrogens is 238 g/mol. The maximum atomic E-state index is 12.0. The number of anilines is 1. The lowest BCUT2D eigenvalue weighted by Gasteiger charge is -2.08. The summed E-state index contributed by atoms with van der Waals surface area (Å²) in [5, 5.41) is 5.82. The maximum absolute atomic E-state index is 12.0. The number of amides is 1. The standard InChI is InChI=1S/C15H17N3O/c1-16-14-13(8-5-10-17-14)15(19)18-11-9-12-6-3-2-4-7-12/h2-8,10H,9,11H2,1H3,(H,16,17)(H,18,19). The van der Waals surface area contributed by atoms with Crippen molar-refractivity contribution >= 4 is 11.7 Å². The largest absolute Gasteiger partial charge is 0.372 e. The van der Waals surface area contributed by atoms with Crippen LogP contribution >= 0.6 is 0 Å². The van der Waals surface area contributed by atoms with E-state index in [0.717, 1.165) is 6.42 Å². The molecule has 0 saturated heterocycles. The van der Waals surface area contributed by atoms with Crippen LogP contribution in [-0.2, 0) is 6.42 Å². The van der Waals surface area contributed by atoms with Crippen molar-refractivity contribution in [3.05, 3.63) is 59.8 Å². The van der Waals surface area contributed by atoms with Crippen LogP contribution in [0.3, 0.4) is 0 Å². The minimum absolute atomic E-state index is 0.103. The van der Waals surface area contributed by atoms with Gasteiger partial charge in [0.1, 0.15) is 5.82 Å². The molecule has 2 aromatic rings. The summed E-state index contributed by atoms with van der Waals surface area (Å²) < 4.78 is 0. The summed E-state index contributed by atoms with van der Waals surface area (Å²) in [7, 11) is 1.75. The molecular formula is C15H17N3O. The third-order valence-electron chi connectivity index (χ3n) is 2.83. The summed E-state index contributed by atoms with van der Waals surface area (Å²) >= 11 is 0. The zero-order chi connectivity index (χ0) is 13.5. The third-order valence-corrected chi connectivity index (χ3v) is 2.83. The second kappa shape index (κ2) is 6.54. The van der Waals surface area contributed by atoms with E-state index >= 15 is 0 Å². The van der Waals surface area contributed by atoms with Crippen LogP contribution in [0.5, 0.6) is 0 Å². The topological polar surface area (TPSA) is 54.0 Å². The first-order valence-corrected chi connectivity index (χ1v) is 6.26. The van der Waals surface area contributed by atoms with Gasteiger partial charge in [-0.05, 0) is 24.1 Å². The molecule has 2 rings (SSSR count). The molecule has 0 unspecified atom stereocenters. The molecule has 4 nitrogen and oxygen atoms in total. The Hall–Kier alpha value is -2.36.